The molecule has 8 heteroatoms. The van der Waals surface area contributed by atoms with Gasteiger partial charge in [0.1, 0.15) is 6.04 Å². The first-order valence-electron chi connectivity index (χ1n) is 12.1. The fraction of sp³-hybridized carbons (Fsp3) is 0.640. The molecule has 4 rings (SSSR count). The Bertz CT molecular complexity index is 897. The standard InChI is InChI=1S/C25H35N3O4S/c1-4-9-16(3)26-23(31)21-25-15(2)14-18(33-25)19(20(25)24(32)28(21)12-8-13-29)22(30)27-17-10-6-5-7-11-17/h5-7,10-11,15-16,18-21,29H,4,8-9,12-14H2,1-3H3,(H,26,31)(H,27,30)/t15?,16?,18-,19+,20+,21?,25?/m1/s1. The van der Waals surface area contributed by atoms with Gasteiger partial charge in [0, 0.05) is 30.1 Å². The van der Waals surface area contributed by atoms with E-state index in [1.165, 1.54) is 0 Å². The number of nitrogens with zero attached hydrogens (tertiary/aromatic N) is 1. The Morgan fingerprint density at radius 1 is 1.27 bits per heavy atom. The van der Waals surface area contributed by atoms with Crippen LogP contribution in [0.5, 0.6) is 0 Å². The van der Waals surface area contributed by atoms with Crippen LogP contribution in [-0.2, 0) is 14.4 Å². The van der Waals surface area contributed by atoms with Gasteiger partial charge < -0.3 is 20.6 Å². The van der Waals surface area contributed by atoms with Gasteiger partial charge in [-0.2, -0.15) is 0 Å². The summed E-state index contributed by atoms with van der Waals surface area (Å²) in [5.74, 6) is -1.26. The molecule has 1 spiro atoms. The molecule has 0 aliphatic carbocycles. The third-order valence-electron chi connectivity index (χ3n) is 7.51. The van der Waals surface area contributed by atoms with Crippen molar-refractivity contribution in [2.75, 3.05) is 18.5 Å². The number of benzene rings is 1. The van der Waals surface area contributed by atoms with Gasteiger partial charge in [-0.1, -0.05) is 38.5 Å². The highest BCUT2D eigenvalue weighted by Crippen LogP contribution is 2.68. The zero-order valence-electron chi connectivity index (χ0n) is 19.6. The van der Waals surface area contributed by atoms with Gasteiger partial charge in [0.15, 0.2) is 0 Å². The number of anilines is 1. The number of para-hydroxylation sites is 1. The molecule has 0 aromatic heterocycles. The van der Waals surface area contributed by atoms with E-state index in [4.69, 9.17) is 0 Å². The molecule has 0 radical (unpaired) electrons. The van der Waals surface area contributed by atoms with Crippen molar-refractivity contribution < 1.29 is 19.5 Å². The number of aliphatic hydroxyl groups is 1. The largest absolute Gasteiger partial charge is 0.396 e. The Morgan fingerprint density at radius 2 is 2.00 bits per heavy atom. The van der Waals surface area contributed by atoms with E-state index in [1.54, 1.807) is 16.7 Å². The predicted molar refractivity (Wildman–Crippen MR) is 130 cm³/mol. The number of carbonyl (C=O) groups excluding carboxylic acids is 3. The number of hydrogen-bond donors (Lipinski definition) is 3. The first-order valence-corrected chi connectivity index (χ1v) is 13.0. The second-order valence-corrected chi connectivity index (χ2v) is 11.3. The number of hydrogen-bond acceptors (Lipinski definition) is 5. The molecule has 3 heterocycles. The summed E-state index contributed by atoms with van der Waals surface area (Å²) < 4.78 is -0.619. The van der Waals surface area contributed by atoms with Crippen LogP contribution in [0.15, 0.2) is 30.3 Å². The molecule has 3 aliphatic heterocycles. The Hall–Kier alpha value is -2.06. The van der Waals surface area contributed by atoms with Crippen LogP contribution >= 0.6 is 11.8 Å². The molecule has 3 aliphatic rings. The molecule has 33 heavy (non-hydrogen) atoms. The average Bonchev–Trinajstić information content (AvgIpc) is 3.36. The predicted octanol–water partition coefficient (Wildman–Crippen LogP) is 2.65. The van der Waals surface area contributed by atoms with Crippen LogP contribution in [0.25, 0.3) is 0 Å². The van der Waals surface area contributed by atoms with Gasteiger partial charge in [0.25, 0.3) is 0 Å². The van der Waals surface area contributed by atoms with E-state index in [1.807, 2.05) is 37.3 Å². The minimum atomic E-state index is -0.625. The number of rotatable bonds is 9. The first-order chi connectivity index (χ1) is 15.8. The van der Waals surface area contributed by atoms with E-state index in [9.17, 15) is 19.5 Å². The molecule has 1 aromatic rings. The SMILES string of the molecule is CCCC(C)NC(=O)C1N(CCCO)C(=O)[C@@H]2[C@@H](C(=O)Nc3ccccc3)[C@H]3CC(C)C12S3. The maximum absolute atomic E-state index is 13.8. The van der Waals surface area contributed by atoms with Crippen LogP contribution in [0.1, 0.15) is 46.5 Å². The minimum Gasteiger partial charge on any atom is -0.396 e. The summed E-state index contributed by atoms with van der Waals surface area (Å²) in [6, 6.07) is 8.69. The summed E-state index contributed by atoms with van der Waals surface area (Å²) in [5, 5.41) is 15.6. The van der Waals surface area contributed by atoms with Crippen LogP contribution < -0.4 is 10.6 Å². The Kier molecular flexibility index (Phi) is 7.05. The lowest BCUT2D eigenvalue weighted by atomic mass is 9.65. The van der Waals surface area contributed by atoms with Crippen molar-refractivity contribution in [2.24, 2.45) is 17.8 Å². The number of aliphatic hydroxyl groups excluding tert-OH is 1. The van der Waals surface area contributed by atoms with E-state index in [0.29, 0.717) is 18.7 Å². The van der Waals surface area contributed by atoms with Gasteiger partial charge in [-0.15, -0.1) is 11.8 Å². The van der Waals surface area contributed by atoms with Crippen LogP contribution in [0.4, 0.5) is 5.69 Å². The molecule has 7 atom stereocenters. The highest BCUT2D eigenvalue weighted by Gasteiger charge is 2.75. The van der Waals surface area contributed by atoms with E-state index in [2.05, 4.69) is 24.5 Å². The molecule has 3 fully saturated rings. The van der Waals surface area contributed by atoms with Crippen LogP contribution in [0.2, 0.25) is 0 Å². The number of thioether (sulfide) groups is 1. The summed E-state index contributed by atoms with van der Waals surface area (Å²) in [6.45, 7) is 6.45. The van der Waals surface area contributed by atoms with Gasteiger partial charge in [-0.25, -0.2) is 0 Å². The summed E-state index contributed by atoms with van der Waals surface area (Å²) in [6.07, 6.45) is 3.05. The number of nitrogens with one attached hydrogen (secondary N) is 2. The van der Waals surface area contributed by atoms with Crippen molar-refractivity contribution in [1.29, 1.82) is 0 Å². The van der Waals surface area contributed by atoms with Crippen molar-refractivity contribution in [3.8, 4) is 0 Å². The Balaban J connectivity index is 1.66. The second-order valence-electron chi connectivity index (χ2n) is 9.71. The molecule has 2 bridgehead atoms. The first kappa shape index (κ1) is 24.1. The molecule has 180 valence electrons. The zero-order valence-corrected chi connectivity index (χ0v) is 20.4. The second kappa shape index (κ2) is 9.66. The van der Waals surface area contributed by atoms with Crippen molar-refractivity contribution in [3.63, 3.8) is 0 Å². The van der Waals surface area contributed by atoms with E-state index in [-0.39, 0.29) is 41.5 Å². The molecule has 3 saturated heterocycles. The Morgan fingerprint density at radius 3 is 2.67 bits per heavy atom. The maximum Gasteiger partial charge on any atom is 0.244 e. The lowest BCUT2D eigenvalue weighted by Crippen LogP contribution is -2.57. The van der Waals surface area contributed by atoms with Crippen molar-refractivity contribution in [3.05, 3.63) is 30.3 Å². The number of likely N-dealkylation sites (tertiary alicyclic amines) is 1. The summed E-state index contributed by atoms with van der Waals surface area (Å²) in [4.78, 5) is 42.5. The van der Waals surface area contributed by atoms with E-state index < -0.39 is 22.6 Å². The third kappa shape index (κ3) is 4.05. The highest BCUT2D eigenvalue weighted by molar-refractivity contribution is 8.02. The third-order valence-corrected chi connectivity index (χ3v) is 9.58. The van der Waals surface area contributed by atoms with Gasteiger partial charge >= 0.3 is 0 Å². The fourth-order valence-electron chi connectivity index (χ4n) is 6.18. The summed E-state index contributed by atoms with van der Waals surface area (Å²) in [5.41, 5.74) is 0.711. The number of carbonyl (C=O) groups is 3. The maximum atomic E-state index is 13.8. The lowest BCUT2D eigenvalue weighted by molar-refractivity contribution is -0.139. The number of amides is 3. The van der Waals surface area contributed by atoms with E-state index >= 15 is 0 Å². The topological polar surface area (TPSA) is 98.7 Å². The van der Waals surface area contributed by atoms with Gasteiger partial charge in [0.05, 0.1) is 16.6 Å². The van der Waals surface area contributed by atoms with Crippen LogP contribution in [0.3, 0.4) is 0 Å². The molecule has 3 amide bonds. The monoisotopic (exact) mass is 473 g/mol. The lowest BCUT2D eigenvalue weighted by Gasteiger charge is -2.39. The summed E-state index contributed by atoms with van der Waals surface area (Å²) >= 11 is 1.68. The van der Waals surface area contributed by atoms with Crippen molar-refractivity contribution in [2.45, 2.75) is 68.5 Å². The molecular weight excluding hydrogens is 438 g/mol. The molecular formula is C25H35N3O4S. The van der Waals surface area contributed by atoms with Gasteiger partial charge in [-0.3, -0.25) is 14.4 Å². The van der Waals surface area contributed by atoms with Crippen molar-refractivity contribution in [1.82, 2.24) is 10.2 Å². The molecule has 4 unspecified atom stereocenters. The molecule has 3 N–H and O–H groups in total. The fourth-order valence-corrected chi connectivity index (χ4v) is 8.60. The molecule has 0 saturated carbocycles. The van der Waals surface area contributed by atoms with Crippen LogP contribution in [-0.4, -0.2) is 63.0 Å². The zero-order chi connectivity index (χ0) is 23.8. The minimum absolute atomic E-state index is 0.0148. The molecule has 1 aromatic carbocycles. The van der Waals surface area contributed by atoms with E-state index in [0.717, 1.165) is 19.3 Å². The van der Waals surface area contributed by atoms with Crippen molar-refractivity contribution >= 4 is 35.2 Å². The highest BCUT2D eigenvalue weighted by atomic mass is 32.2. The average molecular weight is 474 g/mol. The molecule has 7 nitrogen and oxygen atoms in total. The van der Waals surface area contributed by atoms with Gasteiger partial charge in [-0.05, 0) is 44.2 Å². The quantitative estimate of drug-likeness (QED) is 0.512. The summed E-state index contributed by atoms with van der Waals surface area (Å²) in [7, 11) is 0. The normalized spacial score (nSPS) is 33.2. The smallest absolute Gasteiger partial charge is 0.244 e. The Labute approximate surface area is 200 Å². The van der Waals surface area contributed by atoms with Gasteiger partial charge in [0.2, 0.25) is 17.7 Å². The number of fused-ring (bicyclic) bond motifs is 1. The van der Waals surface area contributed by atoms with Crippen LogP contribution in [0, 0.1) is 17.8 Å².